The number of aliphatic hydroxyl groups is 1. The quantitative estimate of drug-likeness (QED) is 0.870. The number of benzene rings is 2. The molecule has 20 heavy (non-hydrogen) atoms. The topological polar surface area (TPSA) is 32.3 Å². The predicted octanol–water partition coefficient (Wildman–Crippen LogP) is 3.56. The van der Waals surface area contributed by atoms with Gasteiger partial charge in [0, 0.05) is 6.04 Å². The van der Waals surface area contributed by atoms with Gasteiger partial charge in [-0.05, 0) is 37.5 Å². The van der Waals surface area contributed by atoms with Crippen molar-refractivity contribution in [2.24, 2.45) is 0 Å². The molecule has 0 spiro atoms. The minimum atomic E-state index is -0.399. The first-order valence-electron chi connectivity index (χ1n) is 7.10. The minimum absolute atomic E-state index is 0.0792. The summed E-state index contributed by atoms with van der Waals surface area (Å²) in [5.74, 6) is 0. The third-order valence-corrected chi connectivity index (χ3v) is 3.55. The van der Waals surface area contributed by atoms with E-state index in [1.54, 1.807) is 0 Å². The van der Waals surface area contributed by atoms with Crippen molar-refractivity contribution in [1.29, 1.82) is 0 Å². The van der Waals surface area contributed by atoms with Gasteiger partial charge in [0.15, 0.2) is 0 Å². The molecule has 1 unspecified atom stereocenters. The van der Waals surface area contributed by atoms with E-state index < -0.39 is 5.54 Å². The van der Waals surface area contributed by atoms with Crippen molar-refractivity contribution < 1.29 is 5.11 Å². The number of hydrogen-bond acceptors (Lipinski definition) is 2. The Bertz CT molecular complexity index is 533. The van der Waals surface area contributed by atoms with Crippen LogP contribution in [-0.2, 0) is 5.54 Å². The highest BCUT2D eigenvalue weighted by molar-refractivity contribution is 5.63. The first kappa shape index (κ1) is 14.8. The second-order valence-electron chi connectivity index (χ2n) is 5.73. The highest BCUT2D eigenvalue weighted by atomic mass is 16.3. The zero-order chi connectivity index (χ0) is 14.6. The molecule has 2 nitrogen and oxygen atoms in total. The molecular formula is C18H23NO. The highest BCUT2D eigenvalue weighted by Crippen LogP contribution is 2.25. The van der Waals surface area contributed by atoms with Crippen molar-refractivity contribution in [3.63, 3.8) is 0 Å². The van der Waals surface area contributed by atoms with Crippen molar-refractivity contribution in [1.82, 2.24) is 5.32 Å². The smallest absolute Gasteiger partial charge is 0.0652 e. The molecule has 0 saturated carbocycles. The summed E-state index contributed by atoms with van der Waals surface area (Å²) in [6.45, 7) is 6.29. The molecule has 0 fully saturated rings. The Labute approximate surface area is 121 Å². The SMILES string of the molecule is CC(C)NC(C)(CO)c1ccc(-c2ccccc2)cc1. The molecule has 0 radical (unpaired) electrons. The van der Waals surface area contributed by atoms with Gasteiger partial charge in [0.2, 0.25) is 0 Å². The van der Waals surface area contributed by atoms with Crippen LogP contribution in [0.4, 0.5) is 0 Å². The Hall–Kier alpha value is -1.64. The van der Waals surface area contributed by atoms with E-state index in [2.05, 4.69) is 55.6 Å². The summed E-state index contributed by atoms with van der Waals surface area (Å²) in [4.78, 5) is 0. The summed E-state index contributed by atoms with van der Waals surface area (Å²) in [7, 11) is 0. The lowest BCUT2D eigenvalue weighted by molar-refractivity contribution is 0.166. The summed E-state index contributed by atoms with van der Waals surface area (Å²) >= 11 is 0. The van der Waals surface area contributed by atoms with E-state index in [9.17, 15) is 5.11 Å². The van der Waals surface area contributed by atoms with Gasteiger partial charge in [-0.25, -0.2) is 0 Å². The van der Waals surface area contributed by atoms with Gasteiger partial charge in [-0.1, -0.05) is 54.6 Å². The van der Waals surface area contributed by atoms with Crippen molar-refractivity contribution >= 4 is 0 Å². The first-order valence-corrected chi connectivity index (χ1v) is 7.10. The molecule has 2 aromatic carbocycles. The monoisotopic (exact) mass is 269 g/mol. The lowest BCUT2D eigenvalue weighted by atomic mass is 9.90. The lowest BCUT2D eigenvalue weighted by Crippen LogP contribution is -2.46. The summed E-state index contributed by atoms with van der Waals surface area (Å²) in [5.41, 5.74) is 3.11. The van der Waals surface area contributed by atoms with Gasteiger partial charge in [-0.3, -0.25) is 0 Å². The van der Waals surface area contributed by atoms with Crippen molar-refractivity contribution in [2.75, 3.05) is 6.61 Å². The van der Waals surface area contributed by atoms with Crippen LogP contribution in [0.1, 0.15) is 26.3 Å². The normalized spacial score (nSPS) is 14.2. The first-order chi connectivity index (χ1) is 9.55. The van der Waals surface area contributed by atoms with Crippen molar-refractivity contribution in [3.8, 4) is 11.1 Å². The van der Waals surface area contributed by atoms with Gasteiger partial charge in [-0.15, -0.1) is 0 Å². The van der Waals surface area contributed by atoms with Crippen LogP contribution in [0, 0.1) is 0 Å². The minimum Gasteiger partial charge on any atom is -0.394 e. The second kappa shape index (κ2) is 6.21. The van der Waals surface area contributed by atoms with Crippen LogP contribution in [0.25, 0.3) is 11.1 Å². The summed E-state index contributed by atoms with van der Waals surface area (Å²) in [6, 6.07) is 19.0. The Balaban J connectivity index is 2.27. The van der Waals surface area contributed by atoms with E-state index >= 15 is 0 Å². The molecule has 0 aliphatic carbocycles. The predicted molar refractivity (Wildman–Crippen MR) is 84.6 cm³/mol. The average molecular weight is 269 g/mol. The van der Waals surface area contributed by atoms with Crippen LogP contribution < -0.4 is 5.32 Å². The van der Waals surface area contributed by atoms with E-state index in [0.717, 1.165) is 5.56 Å². The Morgan fingerprint density at radius 1 is 0.950 bits per heavy atom. The summed E-state index contributed by atoms with van der Waals surface area (Å²) in [5, 5.41) is 13.1. The molecule has 2 N–H and O–H groups in total. The maximum atomic E-state index is 9.71. The molecule has 106 valence electrons. The van der Waals surface area contributed by atoms with E-state index in [1.807, 2.05) is 25.1 Å². The zero-order valence-electron chi connectivity index (χ0n) is 12.4. The van der Waals surface area contributed by atoms with Gasteiger partial charge in [0.1, 0.15) is 0 Å². The maximum Gasteiger partial charge on any atom is 0.0652 e. The Morgan fingerprint density at radius 3 is 2.00 bits per heavy atom. The summed E-state index contributed by atoms with van der Waals surface area (Å²) < 4.78 is 0. The number of hydrogen-bond donors (Lipinski definition) is 2. The summed E-state index contributed by atoms with van der Waals surface area (Å²) in [6.07, 6.45) is 0. The zero-order valence-corrected chi connectivity index (χ0v) is 12.4. The fourth-order valence-corrected chi connectivity index (χ4v) is 2.52. The molecular weight excluding hydrogens is 246 g/mol. The molecule has 0 amide bonds. The molecule has 2 rings (SSSR count). The van der Waals surface area contributed by atoms with E-state index in [1.165, 1.54) is 11.1 Å². The van der Waals surface area contributed by atoms with Crippen LogP contribution in [0.5, 0.6) is 0 Å². The standard InChI is InChI=1S/C18H23NO/c1-14(2)19-18(3,13-20)17-11-9-16(10-12-17)15-7-5-4-6-8-15/h4-12,14,19-20H,13H2,1-3H3. The third-order valence-electron chi connectivity index (χ3n) is 3.55. The molecule has 0 heterocycles. The number of nitrogens with one attached hydrogen (secondary N) is 1. The molecule has 2 aromatic rings. The van der Waals surface area contributed by atoms with Gasteiger partial charge < -0.3 is 10.4 Å². The molecule has 0 aliphatic heterocycles. The van der Waals surface area contributed by atoms with E-state index in [-0.39, 0.29) is 6.61 Å². The maximum absolute atomic E-state index is 9.71. The highest BCUT2D eigenvalue weighted by Gasteiger charge is 2.26. The van der Waals surface area contributed by atoms with Crippen LogP contribution in [-0.4, -0.2) is 17.8 Å². The van der Waals surface area contributed by atoms with Gasteiger partial charge in [0.05, 0.1) is 12.1 Å². The van der Waals surface area contributed by atoms with Crippen LogP contribution in [0.2, 0.25) is 0 Å². The fraction of sp³-hybridized carbons (Fsp3) is 0.333. The molecule has 0 aliphatic rings. The third kappa shape index (κ3) is 3.27. The average Bonchev–Trinajstić information content (AvgIpc) is 2.47. The number of rotatable bonds is 5. The van der Waals surface area contributed by atoms with Crippen LogP contribution in [0.3, 0.4) is 0 Å². The van der Waals surface area contributed by atoms with Gasteiger partial charge in [-0.2, -0.15) is 0 Å². The Morgan fingerprint density at radius 2 is 1.50 bits per heavy atom. The van der Waals surface area contributed by atoms with Crippen molar-refractivity contribution in [2.45, 2.75) is 32.4 Å². The van der Waals surface area contributed by atoms with Crippen LogP contribution in [0.15, 0.2) is 54.6 Å². The molecule has 0 saturated heterocycles. The lowest BCUT2D eigenvalue weighted by Gasteiger charge is -2.31. The Kier molecular flexibility index (Phi) is 4.58. The van der Waals surface area contributed by atoms with E-state index in [4.69, 9.17) is 0 Å². The fourth-order valence-electron chi connectivity index (χ4n) is 2.52. The second-order valence-corrected chi connectivity index (χ2v) is 5.73. The molecule has 1 atom stereocenters. The van der Waals surface area contributed by atoms with Crippen LogP contribution >= 0.6 is 0 Å². The molecule has 0 bridgehead atoms. The van der Waals surface area contributed by atoms with Gasteiger partial charge >= 0.3 is 0 Å². The number of aliphatic hydroxyl groups excluding tert-OH is 1. The largest absolute Gasteiger partial charge is 0.394 e. The van der Waals surface area contributed by atoms with Crippen molar-refractivity contribution in [3.05, 3.63) is 60.2 Å². The molecule has 2 heteroatoms. The van der Waals surface area contributed by atoms with Gasteiger partial charge in [0.25, 0.3) is 0 Å². The molecule has 0 aromatic heterocycles. The van der Waals surface area contributed by atoms with E-state index in [0.29, 0.717) is 6.04 Å².